The lowest BCUT2D eigenvalue weighted by atomic mass is 10.1. The Morgan fingerprint density at radius 3 is 2.33 bits per heavy atom. The van der Waals surface area contributed by atoms with E-state index in [-0.39, 0.29) is 17.5 Å². The molecule has 0 bridgehead atoms. The number of ketones is 1. The molecule has 1 heterocycles. The molecule has 0 aliphatic carbocycles. The molecule has 82 valence electrons. The highest BCUT2D eigenvalue weighted by molar-refractivity contribution is 6.18. The lowest BCUT2D eigenvalue weighted by Crippen LogP contribution is -2.19. The number of hydrogen-bond acceptors (Lipinski definition) is 2. The van der Waals surface area contributed by atoms with Crippen LogP contribution in [0.15, 0.2) is 11.4 Å². The second-order valence-corrected chi connectivity index (χ2v) is 3.89. The number of Topliss-reactive ketones (excluding diaryl/α,β-unsaturated/α-hetero) is 1. The Balaban J connectivity index is 3.36. The van der Waals surface area contributed by atoms with Gasteiger partial charge in [-0.25, -0.2) is 4.79 Å². The number of imidazole rings is 1. The van der Waals surface area contributed by atoms with E-state index in [0.717, 1.165) is 5.69 Å². The Hall–Kier alpha value is -1.58. The molecule has 0 aromatic carbocycles. The number of hydrogen-bond donors (Lipinski definition) is 1. The van der Waals surface area contributed by atoms with Gasteiger partial charge in [-0.3, -0.25) is 9.36 Å². The van der Waals surface area contributed by atoms with Crippen LogP contribution in [0.2, 0.25) is 0 Å². The minimum Gasteiger partial charge on any atom is -0.305 e. The van der Waals surface area contributed by atoms with Crippen LogP contribution in [0.25, 0.3) is 5.57 Å². The van der Waals surface area contributed by atoms with Gasteiger partial charge >= 0.3 is 5.69 Å². The average molecular weight is 208 g/mol. The smallest absolute Gasteiger partial charge is 0.305 e. The Bertz CT molecular complexity index is 463. The first-order valence-corrected chi connectivity index (χ1v) is 4.87. The van der Waals surface area contributed by atoms with Crippen molar-refractivity contribution in [3.8, 4) is 0 Å². The number of aromatic nitrogens is 2. The minimum absolute atomic E-state index is 0.0715. The van der Waals surface area contributed by atoms with Gasteiger partial charge in [-0.1, -0.05) is 6.58 Å². The number of aromatic amines is 1. The molecule has 15 heavy (non-hydrogen) atoms. The molecule has 0 saturated carbocycles. The van der Waals surface area contributed by atoms with Crippen LogP contribution < -0.4 is 5.69 Å². The molecular formula is C11H16N2O2. The van der Waals surface area contributed by atoms with Crippen molar-refractivity contribution in [3.05, 3.63) is 28.5 Å². The van der Waals surface area contributed by atoms with Gasteiger partial charge < -0.3 is 4.98 Å². The summed E-state index contributed by atoms with van der Waals surface area (Å²) in [5.74, 6) is -0.129. The zero-order valence-electron chi connectivity index (χ0n) is 9.55. The van der Waals surface area contributed by atoms with Gasteiger partial charge in [-0.05, 0) is 27.7 Å². The maximum Gasteiger partial charge on any atom is 0.326 e. The predicted octanol–water partition coefficient (Wildman–Crippen LogP) is 1.67. The fraction of sp³-hybridized carbons (Fsp3) is 0.455. The molecule has 1 rings (SSSR count). The van der Waals surface area contributed by atoms with Crippen molar-refractivity contribution in [3.63, 3.8) is 0 Å². The summed E-state index contributed by atoms with van der Waals surface area (Å²) >= 11 is 0. The predicted molar refractivity (Wildman–Crippen MR) is 59.9 cm³/mol. The van der Waals surface area contributed by atoms with Crippen LogP contribution in [0.4, 0.5) is 0 Å². The zero-order chi connectivity index (χ0) is 11.7. The van der Waals surface area contributed by atoms with Crippen molar-refractivity contribution >= 4 is 11.4 Å². The summed E-state index contributed by atoms with van der Waals surface area (Å²) in [6.07, 6.45) is 0. The molecule has 0 amide bonds. The maximum absolute atomic E-state index is 11.6. The van der Waals surface area contributed by atoms with Gasteiger partial charge in [-0.2, -0.15) is 0 Å². The third kappa shape index (κ3) is 1.93. The van der Waals surface area contributed by atoms with E-state index < -0.39 is 0 Å². The molecule has 0 atom stereocenters. The molecule has 1 aromatic heterocycles. The van der Waals surface area contributed by atoms with E-state index in [2.05, 4.69) is 11.6 Å². The maximum atomic E-state index is 11.6. The number of allylic oxidation sites excluding steroid dienone is 1. The Morgan fingerprint density at radius 1 is 1.47 bits per heavy atom. The number of carbonyl (C=O) groups is 1. The molecule has 1 aromatic rings. The van der Waals surface area contributed by atoms with Crippen molar-refractivity contribution in [2.24, 2.45) is 0 Å². The molecule has 1 N–H and O–H groups in total. The number of nitrogens with zero attached hydrogens (tertiary/aromatic N) is 1. The van der Waals surface area contributed by atoms with Crippen LogP contribution >= 0.6 is 0 Å². The fourth-order valence-electron chi connectivity index (χ4n) is 1.62. The molecule has 0 aliphatic rings. The lowest BCUT2D eigenvalue weighted by molar-refractivity contribution is -0.111. The van der Waals surface area contributed by atoms with Crippen molar-refractivity contribution in [1.29, 1.82) is 0 Å². The highest BCUT2D eigenvalue weighted by atomic mass is 16.1. The van der Waals surface area contributed by atoms with Crippen LogP contribution in [0.3, 0.4) is 0 Å². The normalized spacial score (nSPS) is 10.7. The summed E-state index contributed by atoms with van der Waals surface area (Å²) < 4.78 is 1.61. The quantitative estimate of drug-likeness (QED) is 0.768. The highest BCUT2D eigenvalue weighted by Gasteiger charge is 2.16. The van der Waals surface area contributed by atoms with Gasteiger partial charge in [0.1, 0.15) is 0 Å². The standard InChI is InChI=1S/C11H16N2O2/c1-6(2)13-8(4)10(12-11(13)15)7(3)9(5)14/h6H,3H2,1-2,4-5H3,(H,12,15). The highest BCUT2D eigenvalue weighted by Crippen LogP contribution is 2.16. The molecular weight excluding hydrogens is 192 g/mol. The first-order chi connectivity index (χ1) is 6.86. The van der Waals surface area contributed by atoms with Gasteiger partial charge in [0.25, 0.3) is 0 Å². The van der Waals surface area contributed by atoms with Crippen LogP contribution in [0, 0.1) is 6.92 Å². The summed E-state index contributed by atoms with van der Waals surface area (Å²) in [4.78, 5) is 25.4. The van der Waals surface area contributed by atoms with E-state index in [4.69, 9.17) is 0 Å². The van der Waals surface area contributed by atoms with Gasteiger partial charge in [0.05, 0.1) is 5.69 Å². The SMILES string of the molecule is C=C(C(C)=O)c1[nH]c(=O)n(C(C)C)c1C. The van der Waals surface area contributed by atoms with E-state index in [0.29, 0.717) is 11.3 Å². The summed E-state index contributed by atoms with van der Waals surface area (Å²) in [7, 11) is 0. The van der Waals surface area contributed by atoms with Crippen molar-refractivity contribution in [2.45, 2.75) is 33.7 Å². The second kappa shape index (κ2) is 3.88. The summed E-state index contributed by atoms with van der Waals surface area (Å²) in [6.45, 7) is 10.7. The Morgan fingerprint density at radius 2 is 2.00 bits per heavy atom. The second-order valence-electron chi connectivity index (χ2n) is 3.89. The van der Waals surface area contributed by atoms with E-state index in [1.165, 1.54) is 6.92 Å². The first kappa shape index (κ1) is 11.5. The Kier molecular flexibility index (Phi) is 2.98. The summed E-state index contributed by atoms with van der Waals surface area (Å²) in [5.41, 5.74) is 1.46. The third-order valence-corrected chi connectivity index (χ3v) is 2.42. The van der Waals surface area contributed by atoms with Crippen molar-refractivity contribution < 1.29 is 4.79 Å². The molecule has 0 unspecified atom stereocenters. The van der Waals surface area contributed by atoms with Gasteiger partial charge in [0.2, 0.25) is 0 Å². The topological polar surface area (TPSA) is 54.9 Å². The van der Waals surface area contributed by atoms with E-state index in [9.17, 15) is 9.59 Å². The average Bonchev–Trinajstić information content (AvgIpc) is 2.40. The molecule has 0 fully saturated rings. The zero-order valence-corrected chi connectivity index (χ0v) is 9.55. The number of H-pyrrole nitrogens is 1. The molecule has 0 saturated heterocycles. The fourth-order valence-corrected chi connectivity index (χ4v) is 1.62. The number of nitrogens with one attached hydrogen (secondary N) is 1. The van der Waals surface area contributed by atoms with Gasteiger partial charge in [0.15, 0.2) is 5.78 Å². The number of carbonyl (C=O) groups excluding carboxylic acids is 1. The van der Waals surface area contributed by atoms with Gasteiger partial charge in [-0.15, -0.1) is 0 Å². The first-order valence-electron chi connectivity index (χ1n) is 4.87. The monoisotopic (exact) mass is 208 g/mol. The Labute approximate surface area is 88.6 Å². The van der Waals surface area contributed by atoms with Gasteiger partial charge in [0, 0.05) is 17.3 Å². The number of rotatable bonds is 3. The lowest BCUT2D eigenvalue weighted by Gasteiger charge is -2.08. The molecule has 4 nitrogen and oxygen atoms in total. The summed E-state index contributed by atoms with van der Waals surface area (Å²) in [5, 5.41) is 0. The summed E-state index contributed by atoms with van der Waals surface area (Å²) in [6, 6.07) is 0.0715. The van der Waals surface area contributed by atoms with Crippen LogP contribution in [0.1, 0.15) is 38.2 Å². The van der Waals surface area contributed by atoms with Crippen molar-refractivity contribution in [2.75, 3.05) is 0 Å². The largest absolute Gasteiger partial charge is 0.326 e. The third-order valence-electron chi connectivity index (χ3n) is 2.42. The van der Waals surface area contributed by atoms with Crippen LogP contribution in [0.5, 0.6) is 0 Å². The molecule has 0 radical (unpaired) electrons. The van der Waals surface area contributed by atoms with Crippen LogP contribution in [-0.4, -0.2) is 15.3 Å². The van der Waals surface area contributed by atoms with E-state index in [1.807, 2.05) is 13.8 Å². The van der Waals surface area contributed by atoms with Crippen LogP contribution in [-0.2, 0) is 4.79 Å². The molecule has 0 spiro atoms. The minimum atomic E-state index is -0.195. The van der Waals surface area contributed by atoms with Crippen molar-refractivity contribution in [1.82, 2.24) is 9.55 Å². The molecule has 4 heteroatoms. The molecule has 0 aliphatic heterocycles. The van der Waals surface area contributed by atoms with E-state index >= 15 is 0 Å². The van der Waals surface area contributed by atoms with E-state index in [1.54, 1.807) is 11.5 Å².